The van der Waals surface area contributed by atoms with Crippen LogP contribution in [0.25, 0.3) is 0 Å². The summed E-state index contributed by atoms with van der Waals surface area (Å²) in [4.78, 5) is 2.22. The van der Waals surface area contributed by atoms with Gasteiger partial charge in [0, 0.05) is 31.9 Å². The lowest BCUT2D eigenvalue weighted by atomic mass is 9.75. The predicted octanol–water partition coefficient (Wildman–Crippen LogP) is 0.590. The molecule has 0 radical (unpaired) electrons. The monoisotopic (exact) mass is 315 g/mol. The van der Waals surface area contributed by atoms with E-state index in [0.29, 0.717) is 13.1 Å². The molecule has 0 amide bonds. The number of nitrogens with zero attached hydrogens (tertiary/aromatic N) is 4. The molecule has 2 rings (SSSR count). The smallest absolute Gasteiger partial charge is 0.248 e. The Balaban J connectivity index is 2.24. The van der Waals surface area contributed by atoms with Crippen LogP contribution in [0, 0.1) is 0 Å². The van der Waals surface area contributed by atoms with Crippen molar-refractivity contribution in [2.75, 3.05) is 33.4 Å². The molecule has 7 nitrogen and oxygen atoms in total. The van der Waals surface area contributed by atoms with Gasteiger partial charge in [0.05, 0.1) is 0 Å². The molecule has 1 fully saturated rings. The number of aromatic nitrogens is 2. The summed E-state index contributed by atoms with van der Waals surface area (Å²) in [5.41, 5.74) is 5.70. The summed E-state index contributed by atoms with van der Waals surface area (Å²) < 4.78 is 28.3. The summed E-state index contributed by atoms with van der Waals surface area (Å²) in [6.45, 7) is 2.95. The molecule has 1 aliphatic carbocycles. The summed E-state index contributed by atoms with van der Waals surface area (Å²) in [6.07, 6.45) is 4.68. The lowest BCUT2D eigenvalue weighted by Crippen LogP contribution is -2.57. The van der Waals surface area contributed by atoms with E-state index in [-0.39, 0.29) is 16.3 Å². The standard InChI is InChI=1S/C13H25N5O2S/c1-5-18-9-11(12(14)15-18)21(19,20)17(4)10-13(16(2)3)7-6-8-13/h9H,5-8,10H2,1-4H3,(H2,14,15). The van der Waals surface area contributed by atoms with Crippen LogP contribution < -0.4 is 5.73 Å². The highest BCUT2D eigenvalue weighted by atomic mass is 32.2. The Bertz CT molecular complexity index is 604. The van der Waals surface area contributed by atoms with Crippen molar-refractivity contribution in [2.24, 2.45) is 0 Å². The van der Waals surface area contributed by atoms with E-state index in [0.717, 1.165) is 19.3 Å². The molecule has 0 bridgehead atoms. The zero-order chi connectivity index (χ0) is 15.8. The number of nitrogens with two attached hydrogens (primary N) is 1. The number of sulfonamides is 1. The van der Waals surface area contributed by atoms with Crippen LogP contribution in [0.2, 0.25) is 0 Å². The first-order valence-corrected chi connectivity index (χ1v) is 8.63. The van der Waals surface area contributed by atoms with Gasteiger partial charge in [0.15, 0.2) is 5.82 Å². The third-order valence-electron chi connectivity index (χ3n) is 4.52. The van der Waals surface area contributed by atoms with E-state index in [4.69, 9.17) is 5.73 Å². The largest absolute Gasteiger partial charge is 0.381 e. The number of anilines is 1. The van der Waals surface area contributed by atoms with Gasteiger partial charge in [-0.25, -0.2) is 8.42 Å². The summed E-state index contributed by atoms with van der Waals surface area (Å²) in [5, 5.41) is 4.02. The van der Waals surface area contributed by atoms with E-state index < -0.39 is 10.0 Å². The van der Waals surface area contributed by atoms with E-state index >= 15 is 0 Å². The van der Waals surface area contributed by atoms with Gasteiger partial charge in [0.1, 0.15) is 4.90 Å². The van der Waals surface area contributed by atoms with Gasteiger partial charge < -0.3 is 10.6 Å². The van der Waals surface area contributed by atoms with E-state index in [1.54, 1.807) is 11.7 Å². The number of nitrogen functional groups attached to an aromatic ring is 1. The Kier molecular flexibility index (Phi) is 4.32. The molecule has 1 saturated carbocycles. The SMILES string of the molecule is CCn1cc(S(=O)(=O)N(C)CC2(N(C)C)CCC2)c(N)n1. The average molecular weight is 315 g/mol. The number of hydrogen-bond donors (Lipinski definition) is 1. The van der Waals surface area contributed by atoms with E-state index in [9.17, 15) is 8.42 Å². The zero-order valence-electron chi connectivity index (χ0n) is 13.2. The lowest BCUT2D eigenvalue weighted by molar-refractivity contribution is 0.0455. The van der Waals surface area contributed by atoms with Crippen molar-refractivity contribution in [3.8, 4) is 0 Å². The molecule has 1 aromatic rings. The van der Waals surface area contributed by atoms with Crippen LogP contribution in [0.3, 0.4) is 0 Å². The van der Waals surface area contributed by atoms with Crippen LogP contribution in [0.4, 0.5) is 5.82 Å². The number of aryl methyl sites for hydroxylation is 1. The van der Waals surface area contributed by atoms with Crippen molar-refractivity contribution in [1.82, 2.24) is 19.0 Å². The van der Waals surface area contributed by atoms with Gasteiger partial charge >= 0.3 is 0 Å². The average Bonchev–Trinajstić information content (AvgIpc) is 2.74. The maximum absolute atomic E-state index is 12.7. The Morgan fingerprint density at radius 2 is 2.00 bits per heavy atom. The fraction of sp³-hybridized carbons (Fsp3) is 0.769. The number of hydrogen-bond acceptors (Lipinski definition) is 5. The number of likely N-dealkylation sites (N-methyl/N-ethyl adjacent to an activating group) is 2. The van der Waals surface area contributed by atoms with Crippen LogP contribution in [0.15, 0.2) is 11.1 Å². The highest BCUT2D eigenvalue weighted by Gasteiger charge is 2.42. The molecule has 1 aliphatic rings. The third-order valence-corrected chi connectivity index (χ3v) is 6.34. The Labute approximate surface area is 126 Å². The Hall–Kier alpha value is -1.12. The summed E-state index contributed by atoms with van der Waals surface area (Å²) in [7, 11) is 2.02. The quantitative estimate of drug-likeness (QED) is 0.830. The van der Waals surface area contributed by atoms with Crippen molar-refractivity contribution in [3.63, 3.8) is 0 Å². The minimum atomic E-state index is -3.60. The fourth-order valence-electron chi connectivity index (χ4n) is 2.78. The van der Waals surface area contributed by atoms with Crippen molar-refractivity contribution in [1.29, 1.82) is 0 Å². The van der Waals surface area contributed by atoms with Gasteiger partial charge in [0.25, 0.3) is 0 Å². The van der Waals surface area contributed by atoms with Crippen molar-refractivity contribution < 1.29 is 8.42 Å². The van der Waals surface area contributed by atoms with Gasteiger partial charge in [-0.1, -0.05) is 0 Å². The molecule has 0 aliphatic heterocycles. The molecular weight excluding hydrogens is 290 g/mol. The molecule has 0 unspecified atom stereocenters. The van der Waals surface area contributed by atoms with E-state index in [1.807, 2.05) is 21.0 Å². The molecule has 21 heavy (non-hydrogen) atoms. The molecule has 0 saturated heterocycles. The van der Waals surface area contributed by atoms with Crippen LogP contribution >= 0.6 is 0 Å². The first-order valence-electron chi connectivity index (χ1n) is 7.19. The molecule has 120 valence electrons. The maximum atomic E-state index is 12.7. The van der Waals surface area contributed by atoms with Gasteiger partial charge in [-0.05, 0) is 40.3 Å². The third kappa shape index (κ3) is 2.79. The van der Waals surface area contributed by atoms with E-state index in [2.05, 4.69) is 10.00 Å². The van der Waals surface area contributed by atoms with Crippen LogP contribution in [0.5, 0.6) is 0 Å². The summed E-state index contributed by atoms with van der Waals surface area (Å²) in [5.74, 6) is 0.0659. The van der Waals surface area contributed by atoms with Crippen LogP contribution in [-0.2, 0) is 16.6 Å². The Morgan fingerprint density at radius 3 is 2.38 bits per heavy atom. The van der Waals surface area contributed by atoms with Gasteiger partial charge in [-0.2, -0.15) is 9.40 Å². The molecule has 0 spiro atoms. The fourth-order valence-corrected chi connectivity index (χ4v) is 4.08. The minimum absolute atomic E-state index is 0.0582. The number of rotatable bonds is 6. The van der Waals surface area contributed by atoms with Gasteiger partial charge in [0.2, 0.25) is 10.0 Å². The highest BCUT2D eigenvalue weighted by molar-refractivity contribution is 7.89. The molecule has 1 aromatic heterocycles. The van der Waals surface area contributed by atoms with Gasteiger partial charge in [-0.3, -0.25) is 4.68 Å². The molecule has 8 heteroatoms. The topological polar surface area (TPSA) is 84.5 Å². The van der Waals surface area contributed by atoms with Crippen molar-refractivity contribution in [2.45, 2.75) is 43.2 Å². The second-order valence-electron chi connectivity index (χ2n) is 5.97. The zero-order valence-corrected chi connectivity index (χ0v) is 14.0. The summed E-state index contributed by atoms with van der Waals surface area (Å²) in [6, 6.07) is 0. The van der Waals surface area contributed by atoms with Crippen LogP contribution in [0.1, 0.15) is 26.2 Å². The molecule has 0 atom stereocenters. The highest BCUT2D eigenvalue weighted by Crippen LogP contribution is 2.37. The van der Waals surface area contributed by atoms with E-state index in [1.165, 1.54) is 10.5 Å². The predicted molar refractivity (Wildman–Crippen MR) is 82.4 cm³/mol. The second kappa shape index (κ2) is 5.58. The minimum Gasteiger partial charge on any atom is -0.381 e. The normalized spacial score (nSPS) is 18.2. The first kappa shape index (κ1) is 16.3. The summed E-state index contributed by atoms with van der Waals surface area (Å²) >= 11 is 0. The van der Waals surface area contributed by atoms with Crippen LogP contribution in [-0.4, -0.2) is 60.6 Å². The lowest BCUT2D eigenvalue weighted by Gasteiger charge is -2.48. The Morgan fingerprint density at radius 1 is 1.38 bits per heavy atom. The molecule has 0 aromatic carbocycles. The molecular formula is C13H25N5O2S. The first-order chi connectivity index (χ1) is 9.73. The van der Waals surface area contributed by atoms with Crippen molar-refractivity contribution in [3.05, 3.63) is 6.20 Å². The molecule has 2 N–H and O–H groups in total. The van der Waals surface area contributed by atoms with Crippen molar-refractivity contribution >= 4 is 15.8 Å². The molecule has 1 heterocycles. The maximum Gasteiger partial charge on any atom is 0.248 e. The van der Waals surface area contributed by atoms with Gasteiger partial charge in [-0.15, -0.1) is 0 Å². The second-order valence-corrected chi connectivity index (χ2v) is 7.98.